The highest BCUT2D eigenvalue weighted by Crippen LogP contribution is 2.23. The molecular formula is C9H9ClO2. The lowest BCUT2D eigenvalue weighted by Crippen LogP contribution is -2.14. The Morgan fingerprint density at radius 1 is 1.42 bits per heavy atom. The normalized spacial score (nSPS) is 18.4. The second-order valence-corrected chi connectivity index (χ2v) is 3.04. The Kier molecular flexibility index (Phi) is 2.48. The lowest BCUT2D eigenvalue weighted by molar-refractivity contribution is -0.115. The van der Waals surface area contributed by atoms with Gasteiger partial charge in [-0.1, -0.05) is 18.5 Å². The van der Waals surface area contributed by atoms with Crippen LogP contribution in [0.25, 0.3) is 0 Å². The summed E-state index contributed by atoms with van der Waals surface area (Å²) in [4.78, 5) is 22.5. The van der Waals surface area contributed by atoms with E-state index in [0.29, 0.717) is 17.6 Å². The zero-order chi connectivity index (χ0) is 9.30. The Morgan fingerprint density at radius 2 is 2.00 bits per heavy atom. The van der Waals surface area contributed by atoms with Crippen LogP contribution in [-0.4, -0.2) is 11.6 Å². The van der Waals surface area contributed by atoms with Crippen LogP contribution in [0, 0.1) is 0 Å². The van der Waals surface area contributed by atoms with Crippen molar-refractivity contribution in [1.29, 1.82) is 0 Å². The second kappa shape index (κ2) is 3.23. The van der Waals surface area contributed by atoms with E-state index in [0.717, 1.165) is 0 Å². The van der Waals surface area contributed by atoms with Crippen molar-refractivity contribution in [2.45, 2.75) is 20.3 Å². The number of rotatable bonds is 1. The molecular weight excluding hydrogens is 176 g/mol. The molecule has 0 aliphatic heterocycles. The Hall–Kier alpha value is -0.890. The minimum Gasteiger partial charge on any atom is -0.290 e. The van der Waals surface area contributed by atoms with E-state index in [1.165, 1.54) is 6.08 Å². The third-order valence-corrected chi connectivity index (χ3v) is 2.22. The topological polar surface area (TPSA) is 34.1 Å². The molecule has 1 aliphatic rings. The number of ketones is 2. The number of allylic oxidation sites excluding steroid dienone is 4. The van der Waals surface area contributed by atoms with Gasteiger partial charge in [-0.3, -0.25) is 9.59 Å². The fourth-order valence-corrected chi connectivity index (χ4v) is 1.47. The Labute approximate surface area is 75.9 Å². The first kappa shape index (κ1) is 9.20. The predicted molar refractivity (Wildman–Crippen MR) is 46.9 cm³/mol. The van der Waals surface area contributed by atoms with E-state index in [1.807, 2.05) is 0 Å². The van der Waals surface area contributed by atoms with Crippen LogP contribution in [-0.2, 0) is 9.59 Å². The number of carbonyl (C=O) groups excluding carboxylic acids is 2. The molecule has 0 radical (unpaired) electrons. The summed E-state index contributed by atoms with van der Waals surface area (Å²) in [6.45, 7) is 3.40. The summed E-state index contributed by atoms with van der Waals surface area (Å²) >= 11 is 5.69. The molecule has 1 aliphatic carbocycles. The summed E-state index contributed by atoms with van der Waals surface area (Å²) in [5, 5.41) is 0.0856. The van der Waals surface area contributed by atoms with Crippen LogP contribution in [0.3, 0.4) is 0 Å². The number of carbonyl (C=O) groups is 2. The van der Waals surface area contributed by atoms with Crippen molar-refractivity contribution in [3.05, 3.63) is 22.3 Å². The highest BCUT2D eigenvalue weighted by molar-refractivity contribution is 6.48. The molecule has 2 nitrogen and oxygen atoms in total. The van der Waals surface area contributed by atoms with Gasteiger partial charge in [-0.2, -0.15) is 0 Å². The molecule has 0 amide bonds. The number of hydrogen-bond donors (Lipinski definition) is 0. The summed E-state index contributed by atoms with van der Waals surface area (Å²) in [7, 11) is 0. The van der Waals surface area contributed by atoms with Crippen LogP contribution in [0.5, 0.6) is 0 Å². The highest BCUT2D eigenvalue weighted by Gasteiger charge is 2.23. The van der Waals surface area contributed by atoms with E-state index in [-0.39, 0.29) is 16.6 Å². The van der Waals surface area contributed by atoms with Crippen molar-refractivity contribution in [3.8, 4) is 0 Å². The van der Waals surface area contributed by atoms with E-state index in [2.05, 4.69) is 0 Å². The smallest absolute Gasteiger partial charge is 0.200 e. The molecule has 0 unspecified atom stereocenters. The number of hydrogen-bond acceptors (Lipinski definition) is 2. The van der Waals surface area contributed by atoms with Gasteiger partial charge in [-0.25, -0.2) is 0 Å². The van der Waals surface area contributed by atoms with Crippen molar-refractivity contribution in [2.75, 3.05) is 0 Å². The Bertz CT molecular complexity index is 310. The molecule has 0 saturated carbocycles. The third-order valence-electron chi connectivity index (χ3n) is 1.82. The molecule has 0 atom stereocenters. The maximum atomic E-state index is 11.2. The maximum absolute atomic E-state index is 11.2. The second-order valence-electron chi connectivity index (χ2n) is 2.67. The van der Waals surface area contributed by atoms with Crippen LogP contribution in [0.4, 0.5) is 0 Å². The fraction of sp³-hybridized carbons (Fsp3) is 0.333. The van der Waals surface area contributed by atoms with Crippen molar-refractivity contribution >= 4 is 23.2 Å². The van der Waals surface area contributed by atoms with E-state index < -0.39 is 0 Å². The molecule has 12 heavy (non-hydrogen) atoms. The van der Waals surface area contributed by atoms with Gasteiger partial charge in [0.2, 0.25) is 5.78 Å². The lowest BCUT2D eigenvalue weighted by atomic mass is 9.96. The van der Waals surface area contributed by atoms with Crippen molar-refractivity contribution in [1.82, 2.24) is 0 Å². The van der Waals surface area contributed by atoms with E-state index >= 15 is 0 Å². The van der Waals surface area contributed by atoms with Crippen molar-refractivity contribution in [2.24, 2.45) is 0 Å². The molecule has 0 heterocycles. The summed E-state index contributed by atoms with van der Waals surface area (Å²) in [6.07, 6.45) is 1.85. The maximum Gasteiger partial charge on any atom is 0.200 e. The SMILES string of the molecule is CCC1=C(Cl)C(=O)C(C)=CC1=O. The lowest BCUT2D eigenvalue weighted by Gasteiger charge is -2.10. The summed E-state index contributed by atoms with van der Waals surface area (Å²) in [5.41, 5.74) is 0.842. The van der Waals surface area contributed by atoms with E-state index in [1.54, 1.807) is 13.8 Å². The predicted octanol–water partition coefficient (Wildman–Crippen LogP) is 1.99. The summed E-state index contributed by atoms with van der Waals surface area (Å²) < 4.78 is 0. The van der Waals surface area contributed by atoms with Gasteiger partial charge in [0.15, 0.2) is 5.78 Å². The Morgan fingerprint density at radius 3 is 2.50 bits per heavy atom. The van der Waals surface area contributed by atoms with Crippen LogP contribution in [0.15, 0.2) is 22.3 Å². The zero-order valence-corrected chi connectivity index (χ0v) is 7.73. The fourth-order valence-electron chi connectivity index (χ4n) is 1.10. The summed E-state index contributed by atoms with van der Waals surface area (Å²) in [6, 6.07) is 0. The van der Waals surface area contributed by atoms with Gasteiger partial charge in [-0.15, -0.1) is 0 Å². The molecule has 0 fully saturated rings. The van der Waals surface area contributed by atoms with Gasteiger partial charge < -0.3 is 0 Å². The first-order valence-electron chi connectivity index (χ1n) is 3.74. The van der Waals surface area contributed by atoms with E-state index in [9.17, 15) is 9.59 Å². The number of halogens is 1. The Balaban J connectivity index is 3.17. The zero-order valence-electron chi connectivity index (χ0n) is 6.98. The van der Waals surface area contributed by atoms with E-state index in [4.69, 9.17) is 11.6 Å². The monoisotopic (exact) mass is 184 g/mol. The number of Topliss-reactive ketones (excluding diaryl/α,β-unsaturated/α-hetero) is 1. The molecule has 0 aromatic carbocycles. The highest BCUT2D eigenvalue weighted by atomic mass is 35.5. The first-order valence-corrected chi connectivity index (χ1v) is 4.11. The third kappa shape index (κ3) is 1.34. The summed E-state index contributed by atoms with van der Waals surface area (Å²) in [5.74, 6) is -0.368. The van der Waals surface area contributed by atoms with Crippen LogP contribution in [0.1, 0.15) is 20.3 Å². The molecule has 0 aromatic rings. The van der Waals surface area contributed by atoms with Gasteiger partial charge in [-0.05, 0) is 19.4 Å². The van der Waals surface area contributed by atoms with Crippen LogP contribution in [0.2, 0.25) is 0 Å². The molecule has 0 bridgehead atoms. The minimum absolute atomic E-state index is 0.0856. The van der Waals surface area contributed by atoms with Gasteiger partial charge >= 0.3 is 0 Å². The average molecular weight is 185 g/mol. The van der Waals surface area contributed by atoms with Crippen LogP contribution >= 0.6 is 11.6 Å². The first-order chi connectivity index (χ1) is 5.57. The molecule has 0 saturated heterocycles. The van der Waals surface area contributed by atoms with Gasteiger partial charge in [0.25, 0.3) is 0 Å². The molecule has 1 rings (SSSR count). The average Bonchev–Trinajstić information content (AvgIpc) is 2.01. The van der Waals surface area contributed by atoms with Gasteiger partial charge in [0.05, 0.1) is 5.03 Å². The quantitative estimate of drug-likeness (QED) is 0.584. The van der Waals surface area contributed by atoms with Gasteiger partial charge in [0, 0.05) is 11.1 Å². The molecule has 3 heteroatoms. The molecule has 64 valence electrons. The standard InChI is InChI=1S/C9H9ClO2/c1-3-6-7(11)4-5(2)9(12)8(6)10/h4H,3H2,1-2H3. The van der Waals surface area contributed by atoms with Crippen molar-refractivity contribution in [3.63, 3.8) is 0 Å². The van der Waals surface area contributed by atoms with Crippen molar-refractivity contribution < 1.29 is 9.59 Å². The largest absolute Gasteiger partial charge is 0.290 e. The molecule has 0 spiro atoms. The molecule has 0 aromatic heterocycles. The van der Waals surface area contributed by atoms with Gasteiger partial charge in [0.1, 0.15) is 0 Å². The minimum atomic E-state index is -0.229. The van der Waals surface area contributed by atoms with Crippen LogP contribution < -0.4 is 0 Å². The molecule has 0 N–H and O–H groups in total.